The standard InChI is InChI=1S/C13H9.C10H15.C3H6.2ClH.Zr/c1-3-7-12-10(5-1)9-11-6-2-4-8-13(11)12;1-8-6-5-7-9(8)10(2,3)4;1-3-2;;;/h1-5,7-8H,9H2;6H,5H2,1-4H3;1-2H3;2*1H;/q;;;;;+2/p-2. The van der Waals surface area contributed by atoms with Crippen molar-refractivity contribution in [2.24, 2.45) is 5.41 Å². The van der Waals surface area contributed by atoms with Gasteiger partial charge in [0, 0.05) is 0 Å². The molecule has 0 aliphatic heterocycles. The average molecular weight is 505 g/mol. The Hall–Kier alpha value is -0.747. The van der Waals surface area contributed by atoms with Crippen molar-refractivity contribution in [3.8, 4) is 11.1 Å². The van der Waals surface area contributed by atoms with Crippen LogP contribution in [0.4, 0.5) is 0 Å². The SMILES string of the molecule is CC1=CC[C]([Zr+2](=[C](C)C)[c]2cccc3c2Cc2ccccc2-3)=C1C(C)(C)C.[Cl-].[Cl-]. The van der Waals surface area contributed by atoms with Crippen molar-refractivity contribution in [2.75, 3.05) is 0 Å². The first-order chi connectivity index (χ1) is 12.8. The van der Waals surface area contributed by atoms with Crippen molar-refractivity contribution in [3.63, 3.8) is 0 Å². The first-order valence-corrected chi connectivity index (χ1v) is 13.8. The second-order valence-corrected chi connectivity index (χ2v) is 16.3. The Bertz CT molecular complexity index is 1030. The van der Waals surface area contributed by atoms with Crippen LogP contribution >= 0.6 is 0 Å². The summed E-state index contributed by atoms with van der Waals surface area (Å²) in [6.45, 7) is 14.3. The van der Waals surface area contributed by atoms with Crippen molar-refractivity contribution in [1.82, 2.24) is 0 Å². The van der Waals surface area contributed by atoms with E-state index in [0.29, 0.717) is 0 Å². The molecule has 0 saturated heterocycles. The molecule has 4 rings (SSSR count). The van der Waals surface area contributed by atoms with Gasteiger partial charge >= 0.3 is 173 Å². The molecule has 3 heteroatoms. The molecule has 0 aromatic heterocycles. The molecular weight excluding hydrogens is 474 g/mol. The van der Waals surface area contributed by atoms with E-state index in [0.717, 1.165) is 6.42 Å². The Morgan fingerprint density at radius 1 is 0.897 bits per heavy atom. The summed E-state index contributed by atoms with van der Waals surface area (Å²) < 4.78 is 5.22. The molecule has 0 bridgehead atoms. The third-order valence-electron chi connectivity index (χ3n) is 5.98. The maximum absolute atomic E-state index is 2.48. The van der Waals surface area contributed by atoms with Gasteiger partial charge in [0.1, 0.15) is 0 Å². The minimum atomic E-state index is -2.08. The van der Waals surface area contributed by atoms with Crippen LogP contribution in [-0.4, -0.2) is 3.21 Å². The van der Waals surface area contributed by atoms with Gasteiger partial charge in [-0.25, -0.2) is 0 Å². The molecule has 2 aliphatic carbocycles. The van der Waals surface area contributed by atoms with Gasteiger partial charge in [-0.15, -0.1) is 0 Å². The molecule has 2 aromatic carbocycles. The molecule has 0 atom stereocenters. The molecule has 0 radical (unpaired) electrons. The zero-order valence-corrected chi connectivity index (χ0v) is 22.3. The summed E-state index contributed by atoms with van der Waals surface area (Å²) in [5.74, 6) is 0. The van der Waals surface area contributed by atoms with Gasteiger partial charge in [-0.1, -0.05) is 0 Å². The largest absolute Gasteiger partial charge is 1.00 e. The van der Waals surface area contributed by atoms with Gasteiger partial charge in [0.25, 0.3) is 0 Å². The topological polar surface area (TPSA) is 0 Å². The summed E-state index contributed by atoms with van der Waals surface area (Å²) in [6.07, 6.45) is 4.77. The van der Waals surface area contributed by atoms with Crippen LogP contribution < -0.4 is 28.1 Å². The molecular formula is C26H30Cl2Zr. The number of fused-ring (bicyclic) bond motifs is 3. The predicted molar refractivity (Wildman–Crippen MR) is 116 cm³/mol. The molecule has 2 aromatic rings. The monoisotopic (exact) mass is 502 g/mol. The van der Waals surface area contributed by atoms with Gasteiger partial charge in [0.05, 0.1) is 0 Å². The van der Waals surface area contributed by atoms with Gasteiger partial charge in [-0.3, -0.25) is 0 Å². The van der Waals surface area contributed by atoms with Crippen LogP contribution in [0.25, 0.3) is 11.1 Å². The summed E-state index contributed by atoms with van der Waals surface area (Å²) in [4.78, 5) is 0. The Kier molecular flexibility index (Phi) is 7.76. The second-order valence-electron chi connectivity index (χ2n) is 9.24. The predicted octanol–water partition coefficient (Wildman–Crippen LogP) is 0.372. The fourth-order valence-electron chi connectivity index (χ4n) is 5.09. The van der Waals surface area contributed by atoms with Gasteiger partial charge in [-0.2, -0.15) is 0 Å². The van der Waals surface area contributed by atoms with E-state index in [1.165, 1.54) is 28.7 Å². The quantitative estimate of drug-likeness (QED) is 0.473. The molecule has 2 aliphatic rings. The normalized spacial score (nSPS) is 14.2. The first-order valence-electron chi connectivity index (χ1n) is 10.1. The maximum Gasteiger partial charge on any atom is -1.00 e. The zero-order chi connectivity index (χ0) is 19.3. The van der Waals surface area contributed by atoms with Gasteiger partial charge in [0.2, 0.25) is 0 Å². The molecule has 29 heavy (non-hydrogen) atoms. The summed E-state index contributed by atoms with van der Waals surface area (Å²) >= 11 is -2.08. The fraction of sp³-hybridized carbons (Fsp3) is 0.346. The molecule has 0 nitrogen and oxygen atoms in total. The van der Waals surface area contributed by atoms with Crippen molar-refractivity contribution >= 4 is 6.48 Å². The average Bonchev–Trinajstić information content (AvgIpc) is 3.16. The number of halogens is 2. The van der Waals surface area contributed by atoms with Crippen LogP contribution in [0.5, 0.6) is 0 Å². The molecule has 0 fully saturated rings. The Labute approximate surface area is 196 Å². The van der Waals surface area contributed by atoms with Crippen LogP contribution in [0, 0.1) is 5.41 Å². The van der Waals surface area contributed by atoms with Gasteiger partial charge in [0.15, 0.2) is 0 Å². The summed E-state index contributed by atoms with van der Waals surface area (Å²) in [5, 5.41) is 0. The first kappa shape index (κ1) is 24.5. The fourth-order valence-corrected chi connectivity index (χ4v) is 13.4. The van der Waals surface area contributed by atoms with Crippen molar-refractivity contribution in [3.05, 3.63) is 74.1 Å². The molecule has 0 spiro atoms. The van der Waals surface area contributed by atoms with E-state index in [1.807, 2.05) is 3.28 Å². The van der Waals surface area contributed by atoms with Gasteiger partial charge < -0.3 is 24.8 Å². The summed E-state index contributed by atoms with van der Waals surface area (Å²) in [7, 11) is 0. The van der Waals surface area contributed by atoms with Crippen LogP contribution in [0.1, 0.15) is 59.1 Å². The van der Waals surface area contributed by atoms with E-state index in [9.17, 15) is 0 Å². The number of rotatable bonds is 2. The number of benzene rings is 2. The third kappa shape index (κ3) is 4.34. The molecule has 152 valence electrons. The van der Waals surface area contributed by atoms with E-state index in [4.69, 9.17) is 0 Å². The zero-order valence-electron chi connectivity index (χ0n) is 18.3. The number of hydrogen-bond acceptors (Lipinski definition) is 0. The van der Waals surface area contributed by atoms with Crippen LogP contribution in [0.15, 0.2) is 63.0 Å². The van der Waals surface area contributed by atoms with Crippen LogP contribution in [-0.2, 0) is 27.7 Å². The summed E-state index contributed by atoms with van der Waals surface area (Å²) in [6, 6.07) is 16.1. The maximum atomic E-state index is 2.48. The number of hydrogen-bond donors (Lipinski definition) is 0. The Morgan fingerprint density at radius 2 is 1.55 bits per heavy atom. The molecule has 0 saturated carbocycles. The summed E-state index contributed by atoms with van der Waals surface area (Å²) in [5.41, 5.74) is 9.48. The molecule has 0 N–H and O–H groups in total. The molecule has 0 unspecified atom stereocenters. The van der Waals surface area contributed by atoms with Crippen LogP contribution in [0.2, 0.25) is 0 Å². The minimum absolute atomic E-state index is 0. The second kappa shape index (κ2) is 9.17. The van der Waals surface area contributed by atoms with Crippen molar-refractivity contribution in [2.45, 2.75) is 54.4 Å². The Morgan fingerprint density at radius 3 is 2.21 bits per heavy atom. The minimum Gasteiger partial charge on any atom is -1.00 e. The number of allylic oxidation sites excluding steroid dienone is 4. The Balaban J connectivity index is 0.00000150. The smallest absolute Gasteiger partial charge is 1.00 e. The van der Waals surface area contributed by atoms with E-state index in [1.54, 1.807) is 17.6 Å². The molecule has 0 amide bonds. The van der Waals surface area contributed by atoms with Gasteiger partial charge in [-0.05, 0) is 0 Å². The van der Waals surface area contributed by atoms with E-state index in [-0.39, 0.29) is 30.2 Å². The third-order valence-corrected chi connectivity index (χ3v) is 13.5. The van der Waals surface area contributed by atoms with Crippen molar-refractivity contribution in [1.29, 1.82) is 0 Å². The van der Waals surface area contributed by atoms with E-state index >= 15 is 0 Å². The van der Waals surface area contributed by atoms with E-state index < -0.39 is 21.3 Å². The van der Waals surface area contributed by atoms with Crippen LogP contribution in [0.3, 0.4) is 0 Å². The van der Waals surface area contributed by atoms with Crippen molar-refractivity contribution < 1.29 is 46.1 Å². The van der Waals surface area contributed by atoms with E-state index in [2.05, 4.69) is 90.1 Å². The molecule has 0 heterocycles.